The molecule has 0 aromatic rings. The SMILES string of the molecule is CNC1COCC1C(=O)N1CCCC(C(C)(C)C(=O)O)C1. The average Bonchev–Trinajstić information content (AvgIpc) is 2.94. The lowest BCUT2D eigenvalue weighted by atomic mass is 9.74. The van der Waals surface area contributed by atoms with Crippen LogP contribution in [0.4, 0.5) is 0 Å². The molecule has 6 heteroatoms. The fourth-order valence-electron chi connectivity index (χ4n) is 3.26. The van der Waals surface area contributed by atoms with Crippen LogP contribution in [0.3, 0.4) is 0 Å². The van der Waals surface area contributed by atoms with Crippen molar-refractivity contribution in [2.45, 2.75) is 32.7 Å². The molecule has 0 bridgehead atoms. The normalized spacial score (nSPS) is 30.4. The number of rotatable bonds is 4. The summed E-state index contributed by atoms with van der Waals surface area (Å²) < 4.78 is 5.40. The second-order valence-corrected chi connectivity index (χ2v) is 6.69. The van der Waals surface area contributed by atoms with Crippen LogP contribution in [0, 0.1) is 17.3 Å². The maximum Gasteiger partial charge on any atom is 0.309 e. The Kier molecular flexibility index (Phi) is 4.88. The van der Waals surface area contributed by atoms with E-state index >= 15 is 0 Å². The van der Waals surface area contributed by atoms with Gasteiger partial charge in [0.1, 0.15) is 0 Å². The predicted octanol–water partition coefficient (Wildman–Crippen LogP) is 0.570. The number of hydrogen-bond acceptors (Lipinski definition) is 4. The first kappa shape index (κ1) is 16.2. The van der Waals surface area contributed by atoms with E-state index < -0.39 is 11.4 Å². The highest BCUT2D eigenvalue weighted by molar-refractivity contribution is 5.80. The third-order valence-electron chi connectivity index (χ3n) is 5.07. The molecule has 2 heterocycles. The molecule has 0 radical (unpaired) electrons. The standard InChI is InChI=1S/C15H26N2O4/c1-15(2,14(19)20)10-5-4-6-17(7-10)13(18)11-8-21-9-12(11)16-3/h10-12,16H,4-9H2,1-3H3,(H,19,20). The van der Waals surface area contributed by atoms with E-state index in [0.717, 1.165) is 19.4 Å². The first-order valence-electron chi connectivity index (χ1n) is 7.65. The van der Waals surface area contributed by atoms with Gasteiger partial charge in [0, 0.05) is 19.1 Å². The molecule has 0 saturated carbocycles. The van der Waals surface area contributed by atoms with Crippen LogP contribution in [0.25, 0.3) is 0 Å². The smallest absolute Gasteiger partial charge is 0.309 e. The minimum Gasteiger partial charge on any atom is -0.481 e. The molecule has 2 rings (SSSR count). The molecule has 2 aliphatic heterocycles. The minimum atomic E-state index is -0.798. The topological polar surface area (TPSA) is 78.9 Å². The molecule has 6 nitrogen and oxygen atoms in total. The van der Waals surface area contributed by atoms with Crippen molar-refractivity contribution in [2.75, 3.05) is 33.4 Å². The number of carbonyl (C=O) groups excluding carboxylic acids is 1. The van der Waals surface area contributed by atoms with Crippen LogP contribution in [0.1, 0.15) is 26.7 Å². The summed E-state index contributed by atoms with van der Waals surface area (Å²) in [6.07, 6.45) is 1.73. The van der Waals surface area contributed by atoms with Crippen molar-refractivity contribution >= 4 is 11.9 Å². The first-order chi connectivity index (χ1) is 9.87. The molecule has 0 aromatic heterocycles. The van der Waals surface area contributed by atoms with Crippen molar-refractivity contribution < 1.29 is 19.4 Å². The molecule has 2 aliphatic rings. The van der Waals surface area contributed by atoms with E-state index in [9.17, 15) is 14.7 Å². The van der Waals surface area contributed by atoms with E-state index in [1.54, 1.807) is 13.8 Å². The molecule has 2 fully saturated rings. The lowest BCUT2D eigenvalue weighted by Gasteiger charge is -2.40. The Bertz CT molecular complexity index is 410. The molecular formula is C15H26N2O4. The number of likely N-dealkylation sites (tertiary alicyclic amines) is 1. The van der Waals surface area contributed by atoms with Crippen LogP contribution in [0.15, 0.2) is 0 Å². The Morgan fingerprint density at radius 3 is 2.67 bits per heavy atom. The van der Waals surface area contributed by atoms with Gasteiger partial charge in [-0.2, -0.15) is 0 Å². The molecule has 0 aromatic carbocycles. The van der Waals surface area contributed by atoms with Gasteiger partial charge in [0.25, 0.3) is 0 Å². The van der Waals surface area contributed by atoms with Gasteiger partial charge in [0.2, 0.25) is 5.91 Å². The summed E-state index contributed by atoms with van der Waals surface area (Å²) in [4.78, 5) is 25.9. The summed E-state index contributed by atoms with van der Waals surface area (Å²) in [7, 11) is 1.84. The molecule has 3 atom stereocenters. The molecule has 2 saturated heterocycles. The number of hydrogen-bond donors (Lipinski definition) is 2. The Morgan fingerprint density at radius 1 is 1.33 bits per heavy atom. The maximum atomic E-state index is 12.7. The fraction of sp³-hybridized carbons (Fsp3) is 0.867. The summed E-state index contributed by atoms with van der Waals surface area (Å²) in [5.41, 5.74) is -0.798. The van der Waals surface area contributed by atoms with Gasteiger partial charge < -0.3 is 20.1 Å². The molecule has 120 valence electrons. The zero-order valence-corrected chi connectivity index (χ0v) is 13.1. The number of ether oxygens (including phenoxy) is 1. The van der Waals surface area contributed by atoms with Gasteiger partial charge in [-0.25, -0.2) is 0 Å². The van der Waals surface area contributed by atoms with E-state index in [2.05, 4.69) is 5.32 Å². The number of aliphatic carboxylic acids is 1. The number of piperidine rings is 1. The van der Waals surface area contributed by atoms with Crippen molar-refractivity contribution in [3.05, 3.63) is 0 Å². The second-order valence-electron chi connectivity index (χ2n) is 6.69. The van der Waals surface area contributed by atoms with Gasteiger partial charge in [-0.3, -0.25) is 9.59 Å². The van der Waals surface area contributed by atoms with Crippen molar-refractivity contribution in [3.8, 4) is 0 Å². The van der Waals surface area contributed by atoms with Gasteiger partial charge in [0.05, 0.1) is 24.5 Å². The molecule has 2 N–H and O–H groups in total. The molecule has 0 spiro atoms. The van der Waals surface area contributed by atoms with Gasteiger partial charge in [-0.1, -0.05) is 0 Å². The summed E-state index contributed by atoms with van der Waals surface area (Å²) in [5.74, 6) is -0.846. The minimum absolute atomic E-state index is 0.00283. The van der Waals surface area contributed by atoms with E-state index in [1.807, 2.05) is 11.9 Å². The van der Waals surface area contributed by atoms with E-state index in [-0.39, 0.29) is 23.8 Å². The van der Waals surface area contributed by atoms with Crippen molar-refractivity contribution in [3.63, 3.8) is 0 Å². The lowest BCUT2D eigenvalue weighted by Crippen LogP contribution is -2.51. The second kappa shape index (κ2) is 6.32. The molecule has 0 aliphatic carbocycles. The average molecular weight is 298 g/mol. The van der Waals surface area contributed by atoms with Gasteiger partial charge in [0.15, 0.2) is 0 Å². The highest BCUT2D eigenvalue weighted by atomic mass is 16.5. The Morgan fingerprint density at radius 2 is 2.05 bits per heavy atom. The Labute approximate surface area is 125 Å². The van der Waals surface area contributed by atoms with E-state index in [1.165, 1.54) is 0 Å². The van der Waals surface area contributed by atoms with Crippen molar-refractivity contribution in [2.24, 2.45) is 17.3 Å². The van der Waals surface area contributed by atoms with Crippen molar-refractivity contribution in [1.29, 1.82) is 0 Å². The van der Waals surface area contributed by atoms with Crippen LogP contribution < -0.4 is 5.32 Å². The number of amides is 1. The van der Waals surface area contributed by atoms with Crippen LogP contribution in [-0.4, -0.2) is 61.3 Å². The summed E-state index contributed by atoms with van der Waals surface area (Å²) in [6, 6.07) is 0.0605. The number of likely N-dealkylation sites (N-methyl/N-ethyl adjacent to an activating group) is 1. The number of carbonyl (C=O) groups is 2. The number of nitrogens with one attached hydrogen (secondary N) is 1. The number of carboxylic acids is 1. The molecular weight excluding hydrogens is 272 g/mol. The third-order valence-corrected chi connectivity index (χ3v) is 5.07. The van der Waals surface area contributed by atoms with E-state index in [0.29, 0.717) is 19.8 Å². The molecule has 3 unspecified atom stereocenters. The van der Waals surface area contributed by atoms with Crippen LogP contribution >= 0.6 is 0 Å². The maximum absolute atomic E-state index is 12.7. The summed E-state index contributed by atoms with van der Waals surface area (Å²) in [5, 5.41) is 12.5. The Balaban J connectivity index is 2.04. The molecule has 1 amide bonds. The summed E-state index contributed by atoms with van der Waals surface area (Å²) in [6.45, 7) is 5.77. The highest BCUT2D eigenvalue weighted by Gasteiger charge is 2.42. The Hall–Kier alpha value is -1.14. The quantitative estimate of drug-likeness (QED) is 0.793. The van der Waals surface area contributed by atoms with Crippen LogP contribution in [-0.2, 0) is 14.3 Å². The zero-order valence-electron chi connectivity index (χ0n) is 13.1. The highest BCUT2D eigenvalue weighted by Crippen LogP contribution is 2.35. The van der Waals surface area contributed by atoms with Crippen LogP contribution in [0.5, 0.6) is 0 Å². The molecule has 21 heavy (non-hydrogen) atoms. The van der Waals surface area contributed by atoms with Gasteiger partial charge >= 0.3 is 5.97 Å². The van der Waals surface area contributed by atoms with E-state index in [4.69, 9.17) is 4.74 Å². The third kappa shape index (κ3) is 3.21. The monoisotopic (exact) mass is 298 g/mol. The summed E-state index contributed by atoms with van der Waals surface area (Å²) >= 11 is 0. The number of nitrogens with zero attached hydrogens (tertiary/aromatic N) is 1. The zero-order chi connectivity index (χ0) is 15.6. The van der Waals surface area contributed by atoms with Gasteiger partial charge in [-0.05, 0) is 39.7 Å². The largest absolute Gasteiger partial charge is 0.481 e. The fourth-order valence-corrected chi connectivity index (χ4v) is 3.26. The van der Waals surface area contributed by atoms with Crippen molar-refractivity contribution in [1.82, 2.24) is 10.2 Å². The van der Waals surface area contributed by atoms with Gasteiger partial charge in [-0.15, -0.1) is 0 Å². The van der Waals surface area contributed by atoms with Crippen LogP contribution in [0.2, 0.25) is 0 Å². The first-order valence-corrected chi connectivity index (χ1v) is 7.65. The lowest BCUT2D eigenvalue weighted by molar-refractivity contribution is -0.153. The predicted molar refractivity (Wildman–Crippen MR) is 77.9 cm³/mol. The number of carboxylic acid groups (broad SMARTS) is 1.